The molecule has 0 aromatic heterocycles. The molecule has 0 bridgehead atoms. The zero-order valence-electron chi connectivity index (χ0n) is 9.86. The predicted molar refractivity (Wildman–Crippen MR) is 68.5 cm³/mol. The SMILES string of the molecule is Nc1ccc(C(=O)C2(N)CCC(N)CC2)cc1. The molecule has 1 fully saturated rings. The fraction of sp³-hybridized carbons (Fsp3) is 0.462. The third-order valence-electron chi connectivity index (χ3n) is 3.55. The van der Waals surface area contributed by atoms with Gasteiger partial charge in [0.1, 0.15) is 0 Å². The minimum Gasteiger partial charge on any atom is -0.399 e. The van der Waals surface area contributed by atoms with E-state index in [1.807, 2.05) is 0 Å². The van der Waals surface area contributed by atoms with Crippen LogP contribution in [0.4, 0.5) is 5.69 Å². The van der Waals surface area contributed by atoms with Crippen LogP contribution in [0.2, 0.25) is 0 Å². The van der Waals surface area contributed by atoms with Crippen LogP contribution in [-0.4, -0.2) is 17.4 Å². The van der Waals surface area contributed by atoms with E-state index in [0.717, 1.165) is 12.8 Å². The third-order valence-corrected chi connectivity index (χ3v) is 3.55. The molecule has 0 amide bonds. The Kier molecular flexibility index (Phi) is 3.17. The molecule has 1 aliphatic rings. The molecule has 1 aromatic rings. The maximum absolute atomic E-state index is 12.3. The summed E-state index contributed by atoms with van der Waals surface area (Å²) in [6.07, 6.45) is 2.96. The van der Waals surface area contributed by atoms with E-state index in [-0.39, 0.29) is 11.8 Å². The van der Waals surface area contributed by atoms with E-state index in [9.17, 15) is 4.79 Å². The Morgan fingerprint density at radius 2 is 1.71 bits per heavy atom. The number of hydrogen-bond donors (Lipinski definition) is 3. The monoisotopic (exact) mass is 233 g/mol. The van der Waals surface area contributed by atoms with Gasteiger partial charge in [0.15, 0.2) is 5.78 Å². The molecule has 0 saturated heterocycles. The molecule has 1 aromatic carbocycles. The first-order chi connectivity index (χ1) is 8.01. The summed E-state index contributed by atoms with van der Waals surface area (Å²) in [6.45, 7) is 0. The van der Waals surface area contributed by atoms with Crippen LogP contribution in [0.1, 0.15) is 36.0 Å². The quantitative estimate of drug-likeness (QED) is 0.525. The molecule has 0 unspecified atom stereocenters. The standard InChI is InChI=1S/C13H19N3O/c14-10-3-1-9(2-4-10)12(17)13(16)7-5-11(15)6-8-13/h1-4,11H,5-8,14-16H2. The van der Waals surface area contributed by atoms with Gasteiger partial charge in [-0.2, -0.15) is 0 Å². The van der Waals surface area contributed by atoms with E-state index in [1.54, 1.807) is 24.3 Å². The minimum atomic E-state index is -0.744. The zero-order valence-corrected chi connectivity index (χ0v) is 9.86. The predicted octanol–water partition coefficient (Wildman–Crippen LogP) is 1.05. The van der Waals surface area contributed by atoms with E-state index in [2.05, 4.69) is 0 Å². The number of ketones is 1. The van der Waals surface area contributed by atoms with Crippen LogP contribution < -0.4 is 17.2 Å². The van der Waals surface area contributed by atoms with Gasteiger partial charge in [-0.25, -0.2) is 0 Å². The van der Waals surface area contributed by atoms with Crippen LogP contribution in [-0.2, 0) is 0 Å². The molecule has 4 nitrogen and oxygen atoms in total. The topological polar surface area (TPSA) is 95.1 Å². The summed E-state index contributed by atoms with van der Waals surface area (Å²) in [5, 5.41) is 0. The number of rotatable bonds is 2. The Labute approximate surface area is 101 Å². The number of hydrogen-bond acceptors (Lipinski definition) is 4. The van der Waals surface area contributed by atoms with Gasteiger partial charge in [-0.15, -0.1) is 0 Å². The van der Waals surface area contributed by atoms with Crippen molar-refractivity contribution in [3.63, 3.8) is 0 Å². The number of Topliss-reactive ketones (excluding diaryl/α,β-unsaturated/α-hetero) is 1. The van der Waals surface area contributed by atoms with Crippen LogP contribution in [0, 0.1) is 0 Å². The Bertz CT molecular complexity index is 405. The number of nitrogens with two attached hydrogens (primary N) is 3. The summed E-state index contributed by atoms with van der Waals surface area (Å²) in [7, 11) is 0. The molecule has 0 heterocycles. The highest BCUT2D eigenvalue weighted by atomic mass is 16.1. The van der Waals surface area contributed by atoms with Crippen molar-refractivity contribution in [3.05, 3.63) is 29.8 Å². The number of anilines is 1. The number of carbonyl (C=O) groups excluding carboxylic acids is 1. The Morgan fingerprint density at radius 1 is 1.18 bits per heavy atom. The molecule has 0 atom stereocenters. The van der Waals surface area contributed by atoms with E-state index < -0.39 is 5.54 Å². The van der Waals surface area contributed by atoms with Gasteiger partial charge in [-0.3, -0.25) is 4.79 Å². The van der Waals surface area contributed by atoms with Gasteiger partial charge in [-0.1, -0.05) is 0 Å². The summed E-state index contributed by atoms with van der Waals surface area (Å²) in [5.41, 5.74) is 18.2. The highest BCUT2D eigenvalue weighted by Crippen LogP contribution is 2.28. The normalized spacial score (nSPS) is 28.9. The van der Waals surface area contributed by atoms with Crippen molar-refractivity contribution < 1.29 is 4.79 Å². The van der Waals surface area contributed by atoms with Crippen LogP contribution in [0.25, 0.3) is 0 Å². The molecule has 4 heteroatoms. The number of nitrogen functional groups attached to an aromatic ring is 1. The first-order valence-electron chi connectivity index (χ1n) is 5.96. The van der Waals surface area contributed by atoms with Crippen molar-refractivity contribution in [3.8, 4) is 0 Å². The van der Waals surface area contributed by atoms with Gasteiger partial charge in [-0.05, 0) is 49.9 Å². The van der Waals surface area contributed by atoms with Crippen LogP contribution >= 0.6 is 0 Å². The van der Waals surface area contributed by atoms with Gasteiger partial charge in [0, 0.05) is 17.3 Å². The summed E-state index contributed by atoms with van der Waals surface area (Å²) in [5.74, 6) is 0.00407. The molecule has 17 heavy (non-hydrogen) atoms. The lowest BCUT2D eigenvalue weighted by molar-refractivity contribution is 0.0841. The number of carbonyl (C=O) groups is 1. The Balaban J connectivity index is 2.16. The molecule has 0 radical (unpaired) electrons. The summed E-state index contributed by atoms with van der Waals surface area (Å²) in [4.78, 5) is 12.3. The highest BCUT2D eigenvalue weighted by molar-refractivity contribution is 6.03. The van der Waals surface area contributed by atoms with Crippen molar-refractivity contribution in [2.24, 2.45) is 11.5 Å². The first kappa shape index (κ1) is 12.1. The van der Waals surface area contributed by atoms with Gasteiger partial charge in [0.2, 0.25) is 0 Å². The molecule has 0 spiro atoms. The highest BCUT2D eigenvalue weighted by Gasteiger charge is 2.37. The summed E-state index contributed by atoms with van der Waals surface area (Å²) < 4.78 is 0. The van der Waals surface area contributed by atoms with E-state index in [1.165, 1.54) is 0 Å². The molecule has 1 aliphatic carbocycles. The van der Waals surface area contributed by atoms with Crippen molar-refractivity contribution in [2.75, 3.05) is 5.73 Å². The molecule has 6 N–H and O–H groups in total. The van der Waals surface area contributed by atoms with Crippen molar-refractivity contribution in [2.45, 2.75) is 37.3 Å². The van der Waals surface area contributed by atoms with E-state index >= 15 is 0 Å². The van der Waals surface area contributed by atoms with Crippen LogP contribution in [0.15, 0.2) is 24.3 Å². The average molecular weight is 233 g/mol. The maximum Gasteiger partial charge on any atom is 0.182 e. The molecule has 2 rings (SSSR count). The van der Waals surface area contributed by atoms with Crippen LogP contribution in [0.3, 0.4) is 0 Å². The second kappa shape index (κ2) is 4.47. The summed E-state index contributed by atoms with van der Waals surface area (Å²) >= 11 is 0. The second-order valence-electron chi connectivity index (χ2n) is 4.94. The van der Waals surface area contributed by atoms with E-state index in [4.69, 9.17) is 17.2 Å². The minimum absolute atomic E-state index is 0.00407. The molecule has 0 aliphatic heterocycles. The lowest BCUT2D eigenvalue weighted by Gasteiger charge is -2.34. The smallest absolute Gasteiger partial charge is 0.182 e. The first-order valence-corrected chi connectivity index (χ1v) is 5.96. The van der Waals surface area contributed by atoms with Crippen molar-refractivity contribution >= 4 is 11.5 Å². The largest absolute Gasteiger partial charge is 0.399 e. The average Bonchev–Trinajstić information content (AvgIpc) is 2.33. The Morgan fingerprint density at radius 3 is 2.24 bits per heavy atom. The molecular weight excluding hydrogens is 214 g/mol. The van der Waals surface area contributed by atoms with E-state index in [0.29, 0.717) is 24.1 Å². The van der Waals surface area contributed by atoms with Crippen molar-refractivity contribution in [1.29, 1.82) is 0 Å². The fourth-order valence-corrected chi connectivity index (χ4v) is 2.30. The lowest BCUT2D eigenvalue weighted by atomic mass is 9.76. The zero-order chi connectivity index (χ0) is 12.5. The third kappa shape index (κ3) is 2.48. The molecule has 1 saturated carbocycles. The second-order valence-corrected chi connectivity index (χ2v) is 4.94. The van der Waals surface area contributed by atoms with Gasteiger partial charge < -0.3 is 17.2 Å². The lowest BCUT2D eigenvalue weighted by Crippen LogP contribution is -2.52. The Hall–Kier alpha value is -1.39. The maximum atomic E-state index is 12.3. The van der Waals surface area contributed by atoms with Gasteiger partial charge in [0.05, 0.1) is 5.54 Å². The molecular formula is C13H19N3O. The number of benzene rings is 1. The summed E-state index contributed by atoms with van der Waals surface area (Å²) in [6, 6.07) is 7.11. The van der Waals surface area contributed by atoms with Gasteiger partial charge >= 0.3 is 0 Å². The fourth-order valence-electron chi connectivity index (χ4n) is 2.30. The van der Waals surface area contributed by atoms with Gasteiger partial charge in [0.25, 0.3) is 0 Å². The van der Waals surface area contributed by atoms with Crippen LogP contribution in [0.5, 0.6) is 0 Å². The molecule has 92 valence electrons. The van der Waals surface area contributed by atoms with Crippen molar-refractivity contribution in [1.82, 2.24) is 0 Å².